The largest absolute Gasteiger partial charge is 0.394 e. The van der Waals surface area contributed by atoms with E-state index in [0.29, 0.717) is 33.7 Å². The molecule has 6 nitrogen and oxygen atoms in total. The molecule has 0 bridgehead atoms. The number of aromatic nitrogens is 2. The Balaban J connectivity index is 1.49. The molecular weight excluding hydrogens is 407 g/mol. The number of carbonyl (C=O) groups is 1. The highest BCUT2D eigenvalue weighted by molar-refractivity contribution is 6.30. The van der Waals surface area contributed by atoms with Crippen LogP contribution in [0.25, 0.3) is 11.3 Å². The number of nitrogens with one attached hydrogen (secondary N) is 2. The van der Waals surface area contributed by atoms with Gasteiger partial charge in [-0.1, -0.05) is 35.9 Å². The minimum Gasteiger partial charge on any atom is -0.394 e. The van der Waals surface area contributed by atoms with E-state index in [0.717, 1.165) is 19.0 Å². The van der Waals surface area contributed by atoms with Crippen LogP contribution in [0, 0.1) is 5.82 Å². The zero-order chi connectivity index (χ0) is 21.1. The lowest BCUT2D eigenvalue weighted by Gasteiger charge is -2.17. The molecule has 0 saturated heterocycles. The molecule has 1 fully saturated rings. The molecule has 8 heteroatoms. The second-order valence-electron chi connectivity index (χ2n) is 7.15. The van der Waals surface area contributed by atoms with Crippen molar-refractivity contribution < 1.29 is 14.3 Å². The number of anilines is 1. The molecule has 0 aliphatic heterocycles. The fraction of sp³-hybridized carbons (Fsp3) is 0.227. The Bertz CT molecular complexity index is 1060. The number of carbonyl (C=O) groups excluding carboxylic acids is 1. The molecule has 1 saturated carbocycles. The third-order valence-electron chi connectivity index (χ3n) is 4.81. The van der Waals surface area contributed by atoms with Gasteiger partial charge in [0.25, 0.3) is 5.91 Å². The topological polar surface area (TPSA) is 87.1 Å². The van der Waals surface area contributed by atoms with E-state index in [1.807, 2.05) is 0 Å². The Kier molecular flexibility index (Phi) is 5.92. The summed E-state index contributed by atoms with van der Waals surface area (Å²) in [6, 6.07) is 13.2. The molecule has 4 rings (SSSR count). The van der Waals surface area contributed by atoms with Crippen LogP contribution in [0.2, 0.25) is 5.02 Å². The summed E-state index contributed by atoms with van der Waals surface area (Å²) in [4.78, 5) is 20.8. The van der Waals surface area contributed by atoms with Crippen molar-refractivity contribution in [2.75, 3.05) is 11.9 Å². The van der Waals surface area contributed by atoms with Gasteiger partial charge in [0.15, 0.2) is 5.82 Å². The van der Waals surface area contributed by atoms with Crippen LogP contribution < -0.4 is 10.6 Å². The highest BCUT2D eigenvalue weighted by Gasteiger charge is 2.22. The van der Waals surface area contributed by atoms with Crippen LogP contribution in [-0.2, 0) is 0 Å². The second kappa shape index (κ2) is 8.77. The van der Waals surface area contributed by atoms with Crippen molar-refractivity contribution in [3.63, 3.8) is 0 Å². The fourth-order valence-electron chi connectivity index (χ4n) is 3.03. The van der Waals surface area contributed by atoms with E-state index in [1.165, 1.54) is 0 Å². The van der Waals surface area contributed by atoms with E-state index >= 15 is 0 Å². The molecule has 30 heavy (non-hydrogen) atoms. The number of hydrogen-bond donors (Lipinski definition) is 3. The zero-order valence-electron chi connectivity index (χ0n) is 16.0. The lowest BCUT2D eigenvalue weighted by Crippen LogP contribution is -2.30. The van der Waals surface area contributed by atoms with Crippen molar-refractivity contribution >= 4 is 23.5 Å². The van der Waals surface area contributed by atoms with Crippen molar-refractivity contribution in [3.05, 3.63) is 76.7 Å². The predicted molar refractivity (Wildman–Crippen MR) is 113 cm³/mol. The first-order chi connectivity index (χ1) is 14.5. The molecule has 1 atom stereocenters. The minimum absolute atomic E-state index is 0.173. The van der Waals surface area contributed by atoms with Gasteiger partial charge in [-0.15, -0.1) is 0 Å². The van der Waals surface area contributed by atoms with E-state index in [-0.39, 0.29) is 18.2 Å². The molecule has 3 aromatic rings. The van der Waals surface area contributed by atoms with Gasteiger partial charge in [-0.05, 0) is 42.7 Å². The van der Waals surface area contributed by atoms with E-state index in [1.54, 1.807) is 48.5 Å². The summed E-state index contributed by atoms with van der Waals surface area (Å²) in [6.07, 6.45) is 3.26. The average molecular weight is 427 g/mol. The van der Waals surface area contributed by atoms with Crippen LogP contribution in [0.4, 0.5) is 10.3 Å². The van der Waals surface area contributed by atoms with Gasteiger partial charge in [0, 0.05) is 22.2 Å². The number of nitrogens with zero attached hydrogens (tertiary/aromatic N) is 2. The molecule has 1 amide bonds. The molecule has 2 aromatic carbocycles. The first kappa shape index (κ1) is 20.3. The van der Waals surface area contributed by atoms with Gasteiger partial charge in [0.05, 0.1) is 18.8 Å². The first-order valence-corrected chi connectivity index (χ1v) is 9.98. The summed E-state index contributed by atoms with van der Waals surface area (Å²) < 4.78 is 14.2. The maximum absolute atomic E-state index is 14.2. The molecule has 1 aromatic heterocycles. The maximum Gasteiger partial charge on any atom is 0.251 e. The summed E-state index contributed by atoms with van der Waals surface area (Å²) in [7, 11) is 0. The van der Waals surface area contributed by atoms with Crippen molar-refractivity contribution in [1.82, 2.24) is 15.3 Å². The molecule has 1 aliphatic carbocycles. The number of rotatable bonds is 7. The molecule has 1 aliphatic rings. The summed E-state index contributed by atoms with van der Waals surface area (Å²) in [5.41, 5.74) is 1.80. The molecule has 3 N–H and O–H groups in total. The third-order valence-corrected chi connectivity index (χ3v) is 5.05. The summed E-state index contributed by atoms with van der Waals surface area (Å²) in [5.74, 6) is -0.502. The van der Waals surface area contributed by atoms with Crippen LogP contribution >= 0.6 is 11.6 Å². The van der Waals surface area contributed by atoms with Crippen molar-refractivity contribution in [2.45, 2.75) is 24.9 Å². The Hall–Kier alpha value is -3.03. The number of halogens is 2. The van der Waals surface area contributed by atoms with Crippen LogP contribution in [0.1, 0.15) is 34.8 Å². The van der Waals surface area contributed by atoms with Crippen molar-refractivity contribution in [1.29, 1.82) is 0 Å². The number of hydrogen-bond acceptors (Lipinski definition) is 5. The van der Waals surface area contributed by atoms with Gasteiger partial charge in [-0.25, -0.2) is 14.4 Å². The highest BCUT2D eigenvalue weighted by Crippen LogP contribution is 2.26. The smallest absolute Gasteiger partial charge is 0.251 e. The van der Waals surface area contributed by atoms with Gasteiger partial charge < -0.3 is 15.7 Å². The predicted octanol–water partition coefficient (Wildman–Crippen LogP) is 3.97. The van der Waals surface area contributed by atoms with Crippen LogP contribution in [-0.4, -0.2) is 33.6 Å². The van der Waals surface area contributed by atoms with Crippen LogP contribution in [0.3, 0.4) is 0 Å². The monoisotopic (exact) mass is 426 g/mol. The summed E-state index contributed by atoms with van der Waals surface area (Å²) in [6.45, 7) is -0.271. The quantitative estimate of drug-likeness (QED) is 0.532. The number of aliphatic hydroxyl groups is 1. The van der Waals surface area contributed by atoms with Gasteiger partial charge in [-0.3, -0.25) is 4.79 Å². The zero-order valence-corrected chi connectivity index (χ0v) is 16.7. The van der Waals surface area contributed by atoms with Crippen molar-refractivity contribution in [2.24, 2.45) is 0 Å². The van der Waals surface area contributed by atoms with E-state index in [9.17, 15) is 14.3 Å². The average Bonchev–Trinajstić information content (AvgIpc) is 3.57. The highest BCUT2D eigenvalue weighted by atomic mass is 35.5. The van der Waals surface area contributed by atoms with E-state index in [4.69, 9.17) is 11.6 Å². The van der Waals surface area contributed by atoms with E-state index < -0.39 is 11.9 Å². The molecule has 0 unspecified atom stereocenters. The van der Waals surface area contributed by atoms with Crippen LogP contribution in [0.15, 0.2) is 54.7 Å². The standard InChI is InChI=1S/C22H20ClFN4O2/c23-16-3-1-2-15(10-16)19(12-29)27-21(30)14-6-4-13(5-7-14)20-18(24)11-25-22(28-20)26-17-8-9-17/h1-7,10-11,17,19,29H,8-9,12H2,(H,27,30)(H,25,26,28)/t19-/m1/s1. The third kappa shape index (κ3) is 4.75. The Morgan fingerprint density at radius 1 is 1.23 bits per heavy atom. The fourth-order valence-corrected chi connectivity index (χ4v) is 3.23. The first-order valence-electron chi connectivity index (χ1n) is 9.60. The number of aliphatic hydroxyl groups excluding tert-OH is 1. The molecular formula is C22H20ClFN4O2. The van der Waals surface area contributed by atoms with Gasteiger partial charge >= 0.3 is 0 Å². The Labute approximate surface area is 178 Å². The minimum atomic E-state index is -0.591. The molecule has 0 radical (unpaired) electrons. The normalized spacial score (nSPS) is 14.2. The van der Waals surface area contributed by atoms with E-state index in [2.05, 4.69) is 20.6 Å². The summed E-state index contributed by atoms with van der Waals surface area (Å²) in [5, 5.41) is 16.1. The summed E-state index contributed by atoms with van der Waals surface area (Å²) >= 11 is 5.99. The molecule has 1 heterocycles. The van der Waals surface area contributed by atoms with Crippen molar-refractivity contribution in [3.8, 4) is 11.3 Å². The lowest BCUT2D eigenvalue weighted by atomic mass is 10.1. The van der Waals surface area contributed by atoms with Crippen LogP contribution in [0.5, 0.6) is 0 Å². The Morgan fingerprint density at radius 3 is 2.67 bits per heavy atom. The number of benzene rings is 2. The van der Waals surface area contributed by atoms with Gasteiger partial charge in [0.1, 0.15) is 5.69 Å². The second-order valence-corrected chi connectivity index (χ2v) is 7.59. The van der Waals surface area contributed by atoms with Gasteiger partial charge in [-0.2, -0.15) is 0 Å². The Morgan fingerprint density at radius 2 is 2.00 bits per heavy atom. The molecule has 0 spiro atoms. The van der Waals surface area contributed by atoms with Gasteiger partial charge in [0.2, 0.25) is 5.95 Å². The maximum atomic E-state index is 14.2. The lowest BCUT2D eigenvalue weighted by molar-refractivity contribution is 0.0916. The SMILES string of the molecule is O=C(N[C@H](CO)c1cccc(Cl)c1)c1ccc(-c2nc(NC3CC3)ncc2F)cc1. The number of amides is 1. The molecule has 154 valence electrons.